The lowest BCUT2D eigenvalue weighted by Gasteiger charge is -2.06. The third kappa shape index (κ3) is 1.72. The molecule has 1 aliphatic rings. The molecule has 4 heteroatoms. The Morgan fingerprint density at radius 1 is 1.46 bits per heavy atom. The van der Waals surface area contributed by atoms with Crippen molar-refractivity contribution in [3.8, 4) is 0 Å². The second kappa shape index (κ2) is 3.46. The molecule has 1 aromatic rings. The molecule has 13 heavy (non-hydrogen) atoms. The standard InChI is InChI=1S/C9H15N3O/c1-6-11-9(13-12-6)7-3-4-8(5-7)10-2/h7-8,10H,3-5H2,1-2H3. The van der Waals surface area contributed by atoms with E-state index in [0.29, 0.717) is 12.0 Å². The summed E-state index contributed by atoms with van der Waals surface area (Å²) in [5.74, 6) is 2.02. The average molecular weight is 181 g/mol. The normalized spacial score (nSPS) is 28.2. The highest BCUT2D eigenvalue weighted by Crippen LogP contribution is 2.33. The van der Waals surface area contributed by atoms with Gasteiger partial charge in [-0.2, -0.15) is 4.98 Å². The second-order valence-electron chi connectivity index (χ2n) is 3.68. The first-order valence-corrected chi connectivity index (χ1v) is 4.77. The third-order valence-electron chi connectivity index (χ3n) is 2.73. The van der Waals surface area contributed by atoms with Gasteiger partial charge in [-0.25, -0.2) is 0 Å². The number of aromatic nitrogens is 2. The molecular weight excluding hydrogens is 166 g/mol. The van der Waals surface area contributed by atoms with Crippen LogP contribution in [-0.4, -0.2) is 23.2 Å². The molecule has 2 atom stereocenters. The number of rotatable bonds is 2. The Morgan fingerprint density at radius 3 is 2.85 bits per heavy atom. The lowest BCUT2D eigenvalue weighted by Crippen LogP contribution is -2.21. The van der Waals surface area contributed by atoms with Gasteiger partial charge in [-0.05, 0) is 33.2 Å². The quantitative estimate of drug-likeness (QED) is 0.745. The largest absolute Gasteiger partial charge is 0.339 e. The maximum atomic E-state index is 5.15. The molecule has 0 aliphatic heterocycles. The number of hydrogen-bond acceptors (Lipinski definition) is 4. The topological polar surface area (TPSA) is 51.0 Å². The molecule has 0 bridgehead atoms. The summed E-state index contributed by atoms with van der Waals surface area (Å²) in [6.45, 7) is 1.86. The highest BCUT2D eigenvalue weighted by Gasteiger charge is 2.28. The van der Waals surface area contributed by atoms with E-state index in [4.69, 9.17) is 4.52 Å². The van der Waals surface area contributed by atoms with E-state index < -0.39 is 0 Å². The van der Waals surface area contributed by atoms with Gasteiger partial charge in [-0.3, -0.25) is 0 Å². The summed E-state index contributed by atoms with van der Waals surface area (Å²) >= 11 is 0. The monoisotopic (exact) mass is 181 g/mol. The summed E-state index contributed by atoms with van der Waals surface area (Å²) in [6.07, 6.45) is 3.49. The molecule has 0 aromatic carbocycles. The predicted octanol–water partition coefficient (Wildman–Crippen LogP) is 1.23. The molecule has 1 N–H and O–H groups in total. The maximum absolute atomic E-state index is 5.15. The lowest BCUT2D eigenvalue weighted by molar-refractivity contribution is 0.349. The average Bonchev–Trinajstić information content (AvgIpc) is 2.71. The summed E-state index contributed by atoms with van der Waals surface area (Å²) in [4.78, 5) is 4.26. The minimum Gasteiger partial charge on any atom is -0.339 e. The van der Waals surface area contributed by atoms with Crippen LogP contribution in [0.5, 0.6) is 0 Å². The fourth-order valence-electron chi connectivity index (χ4n) is 1.95. The molecule has 1 heterocycles. The van der Waals surface area contributed by atoms with E-state index in [9.17, 15) is 0 Å². The van der Waals surface area contributed by atoms with Crippen molar-refractivity contribution in [1.82, 2.24) is 15.5 Å². The minimum absolute atomic E-state index is 0.471. The van der Waals surface area contributed by atoms with Crippen LogP contribution in [0.15, 0.2) is 4.52 Å². The highest BCUT2D eigenvalue weighted by molar-refractivity contribution is 4.98. The molecule has 1 saturated carbocycles. The summed E-state index contributed by atoms with van der Waals surface area (Å²) in [6, 6.07) is 0.622. The number of aryl methyl sites for hydroxylation is 1. The van der Waals surface area contributed by atoms with E-state index in [2.05, 4.69) is 15.5 Å². The van der Waals surface area contributed by atoms with Crippen molar-refractivity contribution in [1.29, 1.82) is 0 Å². The Hall–Kier alpha value is -0.900. The van der Waals surface area contributed by atoms with E-state index in [1.54, 1.807) is 0 Å². The van der Waals surface area contributed by atoms with Gasteiger partial charge in [-0.15, -0.1) is 0 Å². The zero-order valence-corrected chi connectivity index (χ0v) is 8.08. The van der Waals surface area contributed by atoms with Crippen molar-refractivity contribution in [2.24, 2.45) is 0 Å². The Kier molecular flexibility index (Phi) is 2.31. The summed E-state index contributed by atoms with van der Waals surface area (Å²) < 4.78 is 5.15. The van der Waals surface area contributed by atoms with Gasteiger partial charge < -0.3 is 9.84 Å². The van der Waals surface area contributed by atoms with E-state index in [1.807, 2.05) is 14.0 Å². The van der Waals surface area contributed by atoms with Gasteiger partial charge in [0.2, 0.25) is 5.89 Å². The summed E-state index contributed by atoms with van der Waals surface area (Å²) in [7, 11) is 2.01. The van der Waals surface area contributed by atoms with Gasteiger partial charge in [0.05, 0.1) is 0 Å². The number of nitrogens with one attached hydrogen (secondary N) is 1. The SMILES string of the molecule is CNC1CCC(c2nc(C)no2)C1. The van der Waals surface area contributed by atoms with Crippen LogP contribution >= 0.6 is 0 Å². The zero-order chi connectivity index (χ0) is 9.26. The molecule has 0 radical (unpaired) electrons. The predicted molar refractivity (Wildman–Crippen MR) is 48.5 cm³/mol. The van der Waals surface area contributed by atoms with Crippen molar-refractivity contribution in [2.45, 2.75) is 38.1 Å². The van der Waals surface area contributed by atoms with Gasteiger partial charge in [0.15, 0.2) is 5.82 Å². The van der Waals surface area contributed by atoms with Gasteiger partial charge in [0, 0.05) is 12.0 Å². The van der Waals surface area contributed by atoms with Crippen molar-refractivity contribution < 1.29 is 4.52 Å². The van der Waals surface area contributed by atoms with E-state index in [1.165, 1.54) is 6.42 Å². The Morgan fingerprint density at radius 2 is 2.31 bits per heavy atom. The van der Waals surface area contributed by atoms with Crippen molar-refractivity contribution in [3.63, 3.8) is 0 Å². The van der Waals surface area contributed by atoms with Crippen LogP contribution < -0.4 is 5.32 Å². The van der Waals surface area contributed by atoms with Crippen molar-refractivity contribution in [3.05, 3.63) is 11.7 Å². The molecule has 0 spiro atoms. The van der Waals surface area contributed by atoms with Gasteiger partial charge >= 0.3 is 0 Å². The maximum Gasteiger partial charge on any atom is 0.229 e. The molecule has 72 valence electrons. The van der Waals surface area contributed by atoms with Crippen LogP contribution in [-0.2, 0) is 0 Å². The van der Waals surface area contributed by atoms with Crippen LogP contribution in [0.3, 0.4) is 0 Å². The molecule has 1 aliphatic carbocycles. The van der Waals surface area contributed by atoms with E-state index in [-0.39, 0.29) is 0 Å². The Labute approximate surface area is 77.7 Å². The van der Waals surface area contributed by atoms with Gasteiger partial charge in [-0.1, -0.05) is 5.16 Å². The van der Waals surface area contributed by atoms with Crippen LogP contribution in [0.25, 0.3) is 0 Å². The first kappa shape index (κ1) is 8.69. The first-order valence-electron chi connectivity index (χ1n) is 4.77. The molecule has 2 rings (SSSR count). The number of hydrogen-bond donors (Lipinski definition) is 1. The molecule has 1 aromatic heterocycles. The van der Waals surface area contributed by atoms with Crippen molar-refractivity contribution >= 4 is 0 Å². The van der Waals surface area contributed by atoms with Crippen LogP contribution in [0.1, 0.15) is 36.9 Å². The van der Waals surface area contributed by atoms with Gasteiger partial charge in [0.25, 0.3) is 0 Å². The van der Waals surface area contributed by atoms with Crippen LogP contribution in [0.2, 0.25) is 0 Å². The molecule has 0 amide bonds. The molecule has 1 fully saturated rings. The molecular formula is C9H15N3O. The van der Waals surface area contributed by atoms with Gasteiger partial charge in [0.1, 0.15) is 0 Å². The van der Waals surface area contributed by atoms with E-state index >= 15 is 0 Å². The summed E-state index contributed by atoms with van der Waals surface area (Å²) in [5.41, 5.74) is 0. The number of nitrogens with zero attached hydrogens (tertiary/aromatic N) is 2. The van der Waals surface area contributed by atoms with Crippen LogP contribution in [0.4, 0.5) is 0 Å². The third-order valence-corrected chi connectivity index (χ3v) is 2.73. The van der Waals surface area contributed by atoms with Crippen LogP contribution in [0, 0.1) is 6.92 Å². The Bertz CT molecular complexity index is 284. The second-order valence-corrected chi connectivity index (χ2v) is 3.68. The minimum atomic E-state index is 0.471. The van der Waals surface area contributed by atoms with E-state index in [0.717, 1.165) is 24.6 Å². The lowest BCUT2D eigenvalue weighted by atomic mass is 10.1. The van der Waals surface area contributed by atoms with Crippen molar-refractivity contribution in [2.75, 3.05) is 7.05 Å². The molecule has 0 saturated heterocycles. The molecule has 2 unspecified atom stereocenters. The smallest absolute Gasteiger partial charge is 0.229 e. The molecule has 4 nitrogen and oxygen atoms in total. The Balaban J connectivity index is 2.03. The zero-order valence-electron chi connectivity index (χ0n) is 8.08. The summed E-state index contributed by atoms with van der Waals surface area (Å²) in [5, 5.41) is 7.09. The first-order chi connectivity index (χ1) is 6.29. The highest BCUT2D eigenvalue weighted by atomic mass is 16.5. The fraction of sp³-hybridized carbons (Fsp3) is 0.778. The fourth-order valence-corrected chi connectivity index (χ4v) is 1.95.